The second kappa shape index (κ2) is 7.39. The van der Waals surface area contributed by atoms with Gasteiger partial charge in [-0.3, -0.25) is 4.79 Å². The number of alkyl halides is 1. The maximum absolute atomic E-state index is 12.2. The van der Waals surface area contributed by atoms with Crippen LogP contribution in [0.1, 0.15) is 25.7 Å². The van der Waals surface area contributed by atoms with E-state index in [0.717, 1.165) is 31.6 Å². The Morgan fingerprint density at radius 2 is 2.05 bits per heavy atom. The van der Waals surface area contributed by atoms with Crippen LogP contribution in [0.15, 0.2) is 30.3 Å². The Balaban J connectivity index is 1.90. The van der Waals surface area contributed by atoms with Crippen molar-refractivity contribution in [2.24, 2.45) is 0 Å². The molecule has 0 saturated carbocycles. The zero-order valence-electron chi connectivity index (χ0n) is 11.1. The van der Waals surface area contributed by atoms with E-state index in [1.54, 1.807) is 0 Å². The third-order valence-corrected chi connectivity index (χ3v) is 3.84. The molecule has 2 rings (SSSR count). The molecule has 1 aromatic rings. The Hall–Kier alpha value is -1.22. The van der Waals surface area contributed by atoms with Gasteiger partial charge in [-0.1, -0.05) is 31.0 Å². The summed E-state index contributed by atoms with van der Waals surface area (Å²) in [6.07, 6.45) is 4.39. The summed E-state index contributed by atoms with van der Waals surface area (Å²) in [4.78, 5) is 14.1. The minimum Gasteiger partial charge on any atom is -0.484 e. The fraction of sp³-hybridized carbons (Fsp3) is 0.533. The number of amides is 1. The largest absolute Gasteiger partial charge is 0.484 e. The molecule has 1 aliphatic rings. The van der Waals surface area contributed by atoms with Gasteiger partial charge in [-0.2, -0.15) is 0 Å². The van der Waals surface area contributed by atoms with Gasteiger partial charge in [0.05, 0.1) is 0 Å². The van der Waals surface area contributed by atoms with Gasteiger partial charge in [-0.25, -0.2) is 0 Å². The number of carbonyl (C=O) groups excluding carboxylic acids is 1. The monoisotopic (exact) mass is 281 g/mol. The van der Waals surface area contributed by atoms with E-state index in [4.69, 9.17) is 16.3 Å². The Kier molecular flexibility index (Phi) is 5.52. The van der Waals surface area contributed by atoms with Gasteiger partial charge in [0.2, 0.25) is 0 Å². The average Bonchev–Trinajstić information content (AvgIpc) is 2.71. The molecule has 1 amide bonds. The number of nitrogens with zero attached hydrogens (tertiary/aromatic N) is 1. The molecule has 19 heavy (non-hydrogen) atoms. The summed E-state index contributed by atoms with van der Waals surface area (Å²) >= 11 is 5.97. The first kappa shape index (κ1) is 14.2. The molecular weight excluding hydrogens is 262 g/mol. The molecule has 104 valence electrons. The summed E-state index contributed by atoms with van der Waals surface area (Å²) in [6, 6.07) is 9.59. The Bertz CT molecular complexity index is 396. The predicted octanol–water partition coefficient (Wildman–Crippen LogP) is 3.08. The van der Waals surface area contributed by atoms with E-state index in [0.29, 0.717) is 5.88 Å². The second-order valence-corrected chi connectivity index (χ2v) is 5.15. The standard InChI is InChI=1S/C15H20ClNO2/c16-11-13-7-3-2-6-10-17(13)15(18)12-19-14-8-4-1-5-9-14/h1,4-5,8-9,13H,2-3,6-7,10-12H2. The second-order valence-electron chi connectivity index (χ2n) is 4.85. The van der Waals surface area contributed by atoms with Crippen molar-refractivity contribution in [2.75, 3.05) is 19.0 Å². The van der Waals surface area contributed by atoms with E-state index in [9.17, 15) is 4.79 Å². The number of rotatable bonds is 4. The van der Waals surface area contributed by atoms with Gasteiger partial charge in [-0.15, -0.1) is 11.6 Å². The van der Waals surface area contributed by atoms with E-state index >= 15 is 0 Å². The molecular formula is C15H20ClNO2. The van der Waals surface area contributed by atoms with Crippen molar-refractivity contribution in [3.8, 4) is 5.75 Å². The zero-order chi connectivity index (χ0) is 13.5. The van der Waals surface area contributed by atoms with Gasteiger partial charge in [0.1, 0.15) is 5.75 Å². The van der Waals surface area contributed by atoms with Gasteiger partial charge in [0.25, 0.3) is 5.91 Å². The minimum absolute atomic E-state index is 0.0383. The van der Waals surface area contributed by atoms with Gasteiger partial charge < -0.3 is 9.64 Å². The van der Waals surface area contributed by atoms with E-state index in [1.807, 2.05) is 35.2 Å². The van der Waals surface area contributed by atoms with E-state index in [1.165, 1.54) is 6.42 Å². The van der Waals surface area contributed by atoms with Crippen LogP contribution in [0.4, 0.5) is 0 Å². The average molecular weight is 282 g/mol. The van der Waals surface area contributed by atoms with Crippen LogP contribution in [-0.2, 0) is 4.79 Å². The summed E-state index contributed by atoms with van der Waals surface area (Å²) in [5.41, 5.74) is 0. The molecule has 1 heterocycles. The van der Waals surface area contributed by atoms with E-state index in [-0.39, 0.29) is 18.6 Å². The van der Waals surface area contributed by atoms with Crippen LogP contribution >= 0.6 is 11.6 Å². The van der Waals surface area contributed by atoms with Crippen LogP contribution in [0.2, 0.25) is 0 Å². The molecule has 1 saturated heterocycles. The Labute approximate surface area is 119 Å². The Morgan fingerprint density at radius 1 is 1.26 bits per heavy atom. The number of ether oxygens (including phenoxy) is 1. The lowest BCUT2D eigenvalue weighted by Crippen LogP contribution is -2.43. The summed E-state index contributed by atoms with van der Waals surface area (Å²) in [5, 5.41) is 0. The van der Waals surface area contributed by atoms with Crippen molar-refractivity contribution >= 4 is 17.5 Å². The first-order valence-corrected chi connectivity index (χ1v) is 7.38. The molecule has 1 aliphatic heterocycles. The third kappa shape index (κ3) is 4.13. The van der Waals surface area contributed by atoms with Gasteiger partial charge in [-0.05, 0) is 25.0 Å². The first-order chi connectivity index (χ1) is 9.31. The fourth-order valence-corrected chi connectivity index (χ4v) is 2.73. The maximum Gasteiger partial charge on any atom is 0.260 e. The summed E-state index contributed by atoms with van der Waals surface area (Å²) in [7, 11) is 0. The lowest BCUT2D eigenvalue weighted by Gasteiger charge is -2.28. The number of halogens is 1. The predicted molar refractivity (Wildman–Crippen MR) is 76.6 cm³/mol. The third-order valence-electron chi connectivity index (χ3n) is 3.48. The molecule has 1 unspecified atom stereocenters. The van der Waals surface area contributed by atoms with Crippen molar-refractivity contribution in [3.63, 3.8) is 0 Å². The lowest BCUT2D eigenvalue weighted by molar-refractivity contribution is -0.135. The van der Waals surface area contributed by atoms with Crippen molar-refractivity contribution in [1.29, 1.82) is 0 Å². The van der Waals surface area contributed by atoms with Crippen LogP contribution < -0.4 is 4.74 Å². The molecule has 0 N–H and O–H groups in total. The van der Waals surface area contributed by atoms with Crippen LogP contribution in [0.3, 0.4) is 0 Å². The molecule has 0 aromatic heterocycles. The van der Waals surface area contributed by atoms with Crippen molar-refractivity contribution in [1.82, 2.24) is 4.90 Å². The topological polar surface area (TPSA) is 29.5 Å². The maximum atomic E-state index is 12.2. The molecule has 3 nitrogen and oxygen atoms in total. The molecule has 0 aliphatic carbocycles. The van der Waals surface area contributed by atoms with Gasteiger partial charge >= 0.3 is 0 Å². The first-order valence-electron chi connectivity index (χ1n) is 6.84. The van der Waals surface area contributed by atoms with Crippen molar-refractivity contribution < 1.29 is 9.53 Å². The fourth-order valence-electron chi connectivity index (χ4n) is 2.41. The summed E-state index contributed by atoms with van der Waals surface area (Å²) < 4.78 is 5.52. The SMILES string of the molecule is O=C(COc1ccccc1)N1CCCCCC1CCl. The highest BCUT2D eigenvalue weighted by atomic mass is 35.5. The number of likely N-dealkylation sites (tertiary alicyclic amines) is 1. The molecule has 1 atom stereocenters. The van der Waals surface area contributed by atoms with Gasteiger partial charge in [0.15, 0.2) is 6.61 Å². The molecule has 0 spiro atoms. The Morgan fingerprint density at radius 3 is 2.79 bits per heavy atom. The summed E-state index contributed by atoms with van der Waals surface area (Å²) in [5.74, 6) is 1.28. The van der Waals surface area contributed by atoms with Crippen LogP contribution in [0, 0.1) is 0 Å². The highest BCUT2D eigenvalue weighted by Crippen LogP contribution is 2.18. The van der Waals surface area contributed by atoms with E-state index < -0.39 is 0 Å². The number of hydrogen-bond acceptors (Lipinski definition) is 2. The number of carbonyl (C=O) groups is 1. The molecule has 0 bridgehead atoms. The lowest BCUT2D eigenvalue weighted by atomic mass is 10.1. The number of hydrogen-bond donors (Lipinski definition) is 0. The minimum atomic E-state index is 0.0383. The van der Waals surface area contributed by atoms with Crippen molar-refractivity contribution in [2.45, 2.75) is 31.7 Å². The van der Waals surface area contributed by atoms with Gasteiger partial charge in [0, 0.05) is 18.5 Å². The normalized spacial score (nSPS) is 19.8. The molecule has 1 fully saturated rings. The van der Waals surface area contributed by atoms with E-state index in [2.05, 4.69) is 0 Å². The smallest absolute Gasteiger partial charge is 0.260 e. The quantitative estimate of drug-likeness (QED) is 0.794. The van der Waals surface area contributed by atoms with Crippen LogP contribution in [0.25, 0.3) is 0 Å². The zero-order valence-corrected chi connectivity index (χ0v) is 11.8. The van der Waals surface area contributed by atoms with Crippen LogP contribution in [0.5, 0.6) is 5.75 Å². The molecule has 4 heteroatoms. The molecule has 0 radical (unpaired) electrons. The number of para-hydroxylation sites is 1. The number of benzene rings is 1. The highest BCUT2D eigenvalue weighted by molar-refractivity contribution is 6.18. The summed E-state index contributed by atoms with van der Waals surface area (Å²) in [6.45, 7) is 0.895. The highest BCUT2D eigenvalue weighted by Gasteiger charge is 2.24. The van der Waals surface area contributed by atoms with Crippen molar-refractivity contribution in [3.05, 3.63) is 30.3 Å². The van der Waals surface area contributed by atoms with Crippen LogP contribution in [-0.4, -0.2) is 35.9 Å². The molecule has 1 aromatic carbocycles.